The molecule has 0 aliphatic rings. The van der Waals surface area contributed by atoms with Gasteiger partial charge in [0.05, 0.1) is 4.88 Å². The summed E-state index contributed by atoms with van der Waals surface area (Å²) in [5, 5.41) is 7.06. The molecule has 0 saturated heterocycles. The monoisotopic (exact) mass is 324 g/mol. The molecule has 2 aromatic rings. The number of hydrogen-bond donors (Lipinski definition) is 1. The molecule has 112 valence electrons. The molecule has 21 heavy (non-hydrogen) atoms. The van der Waals surface area contributed by atoms with E-state index in [4.69, 9.17) is 4.74 Å². The molecule has 2 heterocycles. The zero-order valence-electron chi connectivity index (χ0n) is 11.8. The Labute approximate surface area is 131 Å². The maximum Gasteiger partial charge on any atom is 0.358 e. The van der Waals surface area contributed by atoms with E-state index in [1.165, 1.54) is 11.3 Å². The maximum absolute atomic E-state index is 12.0. The number of thiazole rings is 1. The first-order valence-corrected chi connectivity index (χ1v) is 8.35. The summed E-state index contributed by atoms with van der Waals surface area (Å²) in [5.41, 5.74) is 0.235. The highest BCUT2D eigenvalue weighted by atomic mass is 32.1. The van der Waals surface area contributed by atoms with E-state index in [-0.39, 0.29) is 11.6 Å². The first kappa shape index (κ1) is 15.7. The Bertz CT molecular complexity index is 608. The van der Waals surface area contributed by atoms with Crippen molar-refractivity contribution in [3.8, 4) is 9.88 Å². The van der Waals surface area contributed by atoms with Crippen molar-refractivity contribution >= 4 is 34.6 Å². The van der Waals surface area contributed by atoms with Crippen LogP contribution >= 0.6 is 22.7 Å². The summed E-state index contributed by atoms with van der Waals surface area (Å²) in [7, 11) is 0. The molecule has 1 N–H and O–H groups in total. The summed E-state index contributed by atoms with van der Waals surface area (Å²) in [5.74, 6) is -0.868. The maximum atomic E-state index is 12.0. The Morgan fingerprint density at radius 2 is 2.24 bits per heavy atom. The van der Waals surface area contributed by atoms with Crippen LogP contribution in [0.2, 0.25) is 0 Å². The van der Waals surface area contributed by atoms with Gasteiger partial charge in [-0.2, -0.15) is 0 Å². The molecule has 0 bridgehead atoms. The smallest absolute Gasteiger partial charge is 0.358 e. The lowest BCUT2D eigenvalue weighted by molar-refractivity contribution is -0.129. The second kappa shape index (κ2) is 7.33. The molecule has 0 radical (unpaired) electrons. The minimum absolute atomic E-state index is 0.235. The number of hydrogen-bond acceptors (Lipinski definition) is 6. The Hall–Kier alpha value is -1.73. The normalized spacial score (nSPS) is 11.9. The SMILES string of the molecule is CCCNC(=O)[C@H](C)OC(=O)c1csc(-c2cccs2)n1. The van der Waals surface area contributed by atoms with E-state index in [2.05, 4.69) is 10.3 Å². The van der Waals surface area contributed by atoms with Crippen molar-refractivity contribution in [1.29, 1.82) is 0 Å². The molecule has 0 fully saturated rings. The summed E-state index contributed by atoms with van der Waals surface area (Å²) in [6, 6.07) is 3.87. The molecule has 2 aromatic heterocycles. The summed E-state index contributed by atoms with van der Waals surface area (Å²) < 4.78 is 5.12. The van der Waals surface area contributed by atoms with E-state index in [1.807, 2.05) is 24.4 Å². The molecular weight excluding hydrogens is 308 g/mol. The van der Waals surface area contributed by atoms with Gasteiger partial charge in [-0.1, -0.05) is 13.0 Å². The third-order valence-electron chi connectivity index (χ3n) is 2.65. The van der Waals surface area contributed by atoms with Crippen molar-refractivity contribution in [3.63, 3.8) is 0 Å². The molecule has 5 nitrogen and oxygen atoms in total. The first-order valence-electron chi connectivity index (χ1n) is 6.60. The fourth-order valence-electron chi connectivity index (χ4n) is 1.55. The number of carbonyl (C=O) groups is 2. The van der Waals surface area contributed by atoms with E-state index >= 15 is 0 Å². The number of carbonyl (C=O) groups excluding carboxylic acids is 2. The number of esters is 1. The average molecular weight is 324 g/mol. The Balaban J connectivity index is 1.96. The van der Waals surface area contributed by atoms with Crippen LogP contribution in [0.15, 0.2) is 22.9 Å². The number of nitrogens with one attached hydrogen (secondary N) is 1. The van der Waals surface area contributed by atoms with Gasteiger partial charge in [0, 0.05) is 11.9 Å². The van der Waals surface area contributed by atoms with Gasteiger partial charge in [-0.05, 0) is 24.8 Å². The van der Waals surface area contributed by atoms with Crippen LogP contribution in [0.5, 0.6) is 0 Å². The lowest BCUT2D eigenvalue weighted by Gasteiger charge is -2.12. The summed E-state index contributed by atoms with van der Waals surface area (Å²) in [6.45, 7) is 4.08. The second-order valence-corrected chi connectivity index (χ2v) is 6.16. The van der Waals surface area contributed by atoms with Gasteiger partial charge in [0.1, 0.15) is 5.01 Å². The van der Waals surface area contributed by atoms with Gasteiger partial charge >= 0.3 is 5.97 Å². The number of thiophene rings is 1. The number of amides is 1. The van der Waals surface area contributed by atoms with Crippen LogP contribution in [0.3, 0.4) is 0 Å². The molecule has 0 unspecified atom stereocenters. The average Bonchev–Trinajstić information content (AvgIpc) is 3.14. The van der Waals surface area contributed by atoms with Gasteiger partial charge in [-0.3, -0.25) is 4.79 Å². The zero-order valence-corrected chi connectivity index (χ0v) is 13.4. The van der Waals surface area contributed by atoms with Crippen LogP contribution in [-0.4, -0.2) is 29.5 Å². The quantitative estimate of drug-likeness (QED) is 0.830. The molecule has 2 rings (SSSR count). The molecule has 0 spiro atoms. The largest absolute Gasteiger partial charge is 0.448 e. The Morgan fingerprint density at radius 3 is 2.90 bits per heavy atom. The highest BCUT2D eigenvalue weighted by Gasteiger charge is 2.20. The van der Waals surface area contributed by atoms with Crippen LogP contribution < -0.4 is 5.32 Å². The predicted molar refractivity (Wildman–Crippen MR) is 83.6 cm³/mol. The Morgan fingerprint density at radius 1 is 1.43 bits per heavy atom. The van der Waals surface area contributed by atoms with Crippen LogP contribution in [-0.2, 0) is 9.53 Å². The minimum atomic E-state index is -0.823. The highest BCUT2D eigenvalue weighted by molar-refractivity contribution is 7.20. The number of nitrogens with zero attached hydrogens (tertiary/aromatic N) is 1. The van der Waals surface area contributed by atoms with Crippen molar-refractivity contribution in [3.05, 3.63) is 28.6 Å². The van der Waals surface area contributed by atoms with Crippen molar-refractivity contribution in [2.75, 3.05) is 6.54 Å². The van der Waals surface area contributed by atoms with Crippen LogP contribution in [0.4, 0.5) is 0 Å². The first-order chi connectivity index (χ1) is 10.1. The van der Waals surface area contributed by atoms with Crippen LogP contribution in [0, 0.1) is 0 Å². The van der Waals surface area contributed by atoms with Gasteiger partial charge in [0.2, 0.25) is 0 Å². The lowest BCUT2D eigenvalue weighted by Crippen LogP contribution is -2.36. The van der Waals surface area contributed by atoms with E-state index in [0.29, 0.717) is 6.54 Å². The molecule has 1 atom stereocenters. The van der Waals surface area contributed by atoms with Crippen LogP contribution in [0.1, 0.15) is 30.8 Å². The van der Waals surface area contributed by atoms with Crippen LogP contribution in [0.25, 0.3) is 9.88 Å². The molecule has 7 heteroatoms. The Kier molecular flexibility index (Phi) is 5.46. The molecule has 1 amide bonds. The fraction of sp³-hybridized carbons (Fsp3) is 0.357. The minimum Gasteiger partial charge on any atom is -0.448 e. The molecule has 0 saturated carbocycles. The third kappa shape index (κ3) is 4.12. The molecule has 0 aliphatic carbocycles. The molecular formula is C14H16N2O3S2. The van der Waals surface area contributed by atoms with E-state index < -0.39 is 12.1 Å². The van der Waals surface area contributed by atoms with Crippen molar-refractivity contribution in [2.45, 2.75) is 26.4 Å². The van der Waals surface area contributed by atoms with E-state index in [1.54, 1.807) is 23.6 Å². The van der Waals surface area contributed by atoms with Gasteiger partial charge in [0.25, 0.3) is 5.91 Å². The summed E-state index contributed by atoms with van der Waals surface area (Å²) >= 11 is 2.94. The molecule has 0 aromatic carbocycles. The van der Waals surface area contributed by atoms with Gasteiger partial charge in [-0.15, -0.1) is 22.7 Å². The van der Waals surface area contributed by atoms with Gasteiger partial charge in [-0.25, -0.2) is 9.78 Å². The predicted octanol–water partition coefficient (Wildman–Crippen LogP) is 2.94. The van der Waals surface area contributed by atoms with Gasteiger partial charge in [0.15, 0.2) is 11.8 Å². The second-order valence-electron chi connectivity index (χ2n) is 4.35. The van der Waals surface area contributed by atoms with Gasteiger partial charge < -0.3 is 10.1 Å². The number of aromatic nitrogens is 1. The standard InChI is InChI=1S/C14H16N2O3S2/c1-3-6-15-12(17)9(2)19-14(18)10-8-21-13(16-10)11-5-4-7-20-11/h4-5,7-9H,3,6H2,1-2H3,(H,15,17)/t9-/m0/s1. The summed E-state index contributed by atoms with van der Waals surface area (Å²) in [6.07, 6.45) is 0.0128. The van der Waals surface area contributed by atoms with E-state index in [0.717, 1.165) is 16.3 Å². The highest BCUT2D eigenvalue weighted by Crippen LogP contribution is 2.28. The summed E-state index contributed by atoms with van der Waals surface area (Å²) in [4.78, 5) is 28.9. The number of ether oxygens (including phenoxy) is 1. The lowest BCUT2D eigenvalue weighted by atomic mass is 10.3. The molecule has 0 aliphatic heterocycles. The fourth-order valence-corrected chi connectivity index (χ4v) is 3.15. The van der Waals surface area contributed by atoms with Crippen molar-refractivity contribution in [2.24, 2.45) is 0 Å². The van der Waals surface area contributed by atoms with E-state index in [9.17, 15) is 9.59 Å². The topological polar surface area (TPSA) is 68.3 Å². The van der Waals surface area contributed by atoms with Crippen molar-refractivity contribution < 1.29 is 14.3 Å². The van der Waals surface area contributed by atoms with Crippen molar-refractivity contribution in [1.82, 2.24) is 10.3 Å². The zero-order chi connectivity index (χ0) is 15.2. The number of rotatable bonds is 6. The third-order valence-corrected chi connectivity index (χ3v) is 4.53.